The summed E-state index contributed by atoms with van der Waals surface area (Å²) >= 11 is 0. The molecule has 4 rings (SSSR count). The molecular weight excluding hydrogens is 328 g/mol. The molecule has 136 valence electrons. The minimum atomic E-state index is -0.219. The molecular formula is C21H24N2O3. The molecule has 0 N–H and O–H groups in total. The summed E-state index contributed by atoms with van der Waals surface area (Å²) in [6.45, 7) is 5.18. The van der Waals surface area contributed by atoms with Crippen molar-refractivity contribution in [1.29, 1.82) is 0 Å². The van der Waals surface area contributed by atoms with E-state index >= 15 is 0 Å². The third-order valence-corrected chi connectivity index (χ3v) is 5.33. The highest BCUT2D eigenvalue weighted by Crippen LogP contribution is 2.36. The van der Waals surface area contributed by atoms with Gasteiger partial charge in [0.1, 0.15) is 0 Å². The summed E-state index contributed by atoms with van der Waals surface area (Å²) in [5.41, 5.74) is 2.37. The lowest BCUT2D eigenvalue weighted by atomic mass is 9.92. The first-order chi connectivity index (χ1) is 12.7. The van der Waals surface area contributed by atoms with Gasteiger partial charge in [-0.2, -0.15) is 0 Å². The fourth-order valence-corrected chi connectivity index (χ4v) is 4.04. The van der Waals surface area contributed by atoms with E-state index < -0.39 is 0 Å². The van der Waals surface area contributed by atoms with E-state index in [2.05, 4.69) is 4.90 Å². The maximum absolute atomic E-state index is 12.9. The van der Waals surface area contributed by atoms with Crippen molar-refractivity contribution in [2.24, 2.45) is 0 Å². The van der Waals surface area contributed by atoms with E-state index in [9.17, 15) is 9.59 Å². The molecule has 2 heterocycles. The molecule has 2 amide bonds. The Hall–Kier alpha value is -2.40. The van der Waals surface area contributed by atoms with Crippen LogP contribution in [0.4, 0.5) is 5.69 Å². The van der Waals surface area contributed by atoms with Crippen molar-refractivity contribution in [2.75, 3.05) is 37.7 Å². The number of amides is 2. The van der Waals surface area contributed by atoms with Crippen LogP contribution in [0.5, 0.6) is 0 Å². The van der Waals surface area contributed by atoms with E-state index in [1.165, 1.54) is 24.2 Å². The Morgan fingerprint density at radius 2 is 1.69 bits per heavy atom. The van der Waals surface area contributed by atoms with Gasteiger partial charge in [0.2, 0.25) is 0 Å². The zero-order chi connectivity index (χ0) is 18.1. The van der Waals surface area contributed by atoms with E-state index in [0.29, 0.717) is 24.3 Å². The molecule has 0 unspecified atom stereocenters. The molecule has 2 aromatic rings. The SMILES string of the molecule is CCOCCN1C(=O)c2cccc3c(N4CCCCC4)ccc(c23)C1=O. The van der Waals surface area contributed by atoms with Crippen LogP contribution in [0, 0.1) is 0 Å². The largest absolute Gasteiger partial charge is 0.380 e. The molecule has 26 heavy (non-hydrogen) atoms. The van der Waals surface area contributed by atoms with Crippen LogP contribution in [-0.4, -0.2) is 49.6 Å². The van der Waals surface area contributed by atoms with Crippen LogP contribution in [0.15, 0.2) is 30.3 Å². The number of carbonyl (C=O) groups is 2. The average Bonchev–Trinajstić information content (AvgIpc) is 2.69. The minimum absolute atomic E-state index is 0.219. The van der Waals surface area contributed by atoms with Crippen molar-refractivity contribution in [3.8, 4) is 0 Å². The summed E-state index contributed by atoms with van der Waals surface area (Å²) in [5, 5.41) is 1.81. The van der Waals surface area contributed by atoms with Gasteiger partial charge < -0.3 is 9.64 Å². The summed E-state index contributed by atoms with van der Waals surface area (Å²) in [6, 6.07) is 9.71. The van der Waals surface area contributed by atoms with Gasteiger partial charge in [-0.3, -0.25) is 14.5 Å². The van der Waals surface area contributed by atoms with Crippen molar-refractivity contribution >= 4 is 28.3 Å². The van der Waals surface area contributed by atoms with Gasteiger partial charge in [0.25, 0.3) is 11.8 Å². The lowest BCUT2D eigenvalue weighted by Crippen LogP contribution is -2.42. The first kappa shape index (κ1) is 17.0. The minimum Gasteiger partial charge on any atom is -0.380 e. The number of imide groups is 1. The first-order valence-corrected chi connectivity index (χ1v) is 9.47. The molecule has 0 saturated carbocycles. The molecule has 1 saturated heterocycles. The molecule has 0 atom stereocenters. The Labute approximate surface area is 153 Å². The first-order valence-electron chi connectivity index (χ1n) is 9.47. The van der Waals surface area contributed by atoms with Crippen LogP contribution in [0.2, 0.25) is 0 Å². The number of anilines is 1. The van der Waals surface area contributed by atoms with Crippen LogP contribution >= 0.6 is 0 Å². The van der Waals surface area contributed by atoms with Crippen LogP contribution in [0.3, 0.4) is 0 Å². The molecule has 1 fully saturated rings. The van der Waals surface area contributed by atoms with Gasteiger partial charge in [0, 0.05) is 47.3 Å². The zero-order valence-electron chi connectivity index (χ0n) is 15.2. The van der Waals surface area contributed by atoms with Gasteiger partial charge >= 0.3 is 0 Å². The Balaban J connectivity index is 1.78. The quantitative estimate of drug-likeness (QED) is 0.611. The third-order valence-electron chi connectivity index (χ3n) is 5.33. The topological polar surface area (TPSA) is 49.9 Å². The molecule has 2 aromatic carbocycles. The third kappa shape index (κ3) is 2.76. The van der Waals surface area contributed by atoms with Crippen LogP contribution in [0.25, 0.3) is 10.8 Å². The Morgan fingerprint density at radius 1 is 0.962 bits per heavy atom. The van der Waals surface area contributed by atoms with Crippen molar-refractivity contribution in [3.05, 3.63) is 41.5 Å². The Morgan fingerprint density at radius 3 is 2.42 bits per heavy atom. The van der Waals surface area contributed by atoms with Crippen molar-refractivity contribution in [1.82, 2.24) is 4.90 Å². The van der Waals surface area contributed by atoms with E-state index in [4.69, 9.17) is 4.74 Å². The number of nitrogens with zero attached hydrogens (tertiary/aromatic N) is 2. The van der Waals surface area contributed by atoms with E-state index in [1.807, 2.05) is 37.3 Å². The van der Waals surface area contributed by atoms with Crippen LogP contribution in [-0.2, 0) is 4.74 Å². The Bertz CT molecular complexity index is 833. The van der Waals surface area contributed by atoms with Crippen LogP contribution < -0.4 is 4.90 Å². The summed E-state index contributed by atoms with van der Waals surface area (Å²) in [5.74, 6) is -0.438. The molecule has 2 aliphatic heterocycles. The predicted octanol–water partition coefficient (Wildman–Crippen LogP) is 3.46. The molecule has 0 bridgehead atoms. The molecule has 0 spiro atoms. The van der Waals surface area contributed by atoms with Crippen molar-refractivity contribution < 1.29 is 14.3 Å². The fraction of sp³-hybridized carbons (Fsp3) is 0.429. The standard InChI is InChI=1S/C21H24N2O3/c1-2-26-14-13-23-20(24)16-8-6-7-15-18(22-11-4-3-5-12-22)10-9-17(19(15)16)21(23)25/h6-10H,2-5,11-14H2,1H3. The highest BCUT2D eigenvalue weighted by Gasteiger charge is 2.33. The molecule has 5 nitrogen and oxygen atoms in total. The average molecular weight is 352 g/mol. The fourth-order valence-electron chi connectivity index (χ4n) is 4.04. The van der Waals surface area contributed by atoms with E-state index in [-0.39, 0.29) is 18.4 Å². The number of piperidine rings is 1. The highest BCUT2D eigenvalue weighted by atomic mass is 16.5. The number of benzene rings is 2. The molecule has 2 aliphatic rings. The normalized spacial score (nSPS) is 17.3. The monoisotopic (exact) mass is 352 g/mol. The van der Waals surface area contributed by atoms with Gasteiger partial charge in [0.05, 0.1) is 13.2 Å². The number of carbonyl (C=O) groups excluding carboxylic acids is 2. The van der Waals surface area contributed by atoms with Gasteiger partial charge in [-0.15, -0.1) is 0 Å². The smallest absolute Gasteiger partial charge is 0.261 e. The lowest BCUT2D eigenvalue weighted by Gasteiger charge is -2.32. The molecule has 5 heteroatoms. The summed E-state index contributed by atoms with van der Waals surface area (Å²) in [4.78, 5) is 29.6. The van der Waals surface area contributed by atoms with Gasteiger partial charge in [0.15, 0.2) is 0 Å². The molecule has 0 aliphatic carbocycles. The maximum atomic E-state index is 12.9. The number of hydrogen-bond acceptors (Lipinski definition) is 4. The second kappa shape index (κ2) is 7.08. The zero-order valence-corrected chi connectivity index (χ0v) is 15.2. The van der Waals surface area contributed by atoms with Gasteiger partial charge in [-0.1, -0.05) is 12.1 Å². The number of rotatable bonds is 5. The summed E-state index contributed by atoms with van der Waals surface area (Å²) < 4.78 is 5.34. The predicted molar refractivity (Wildman–Crippen MR) is 102 cm³/mol. The highest BCUT2D eigenvalue weighted by molar-refractivity contribution is 6.26. The molecule has 0 aromatic heterocycles. The van der Waals surface area contributed by atoms with Crippen molar-refractivity contribution in [3.63, 3.8) is 0 Å². The summed E-state index contributed by atoms with van der Waals surface area (Å²) in [7, 11) is 0. The second-order valence-corrected chi connectivity index (χ2v) is 6.87. The maximum Gasteiger partial charge on any atom is 0.261 e. The molecule has 0 radical (unpaired) electrons. The van der Waals surface area contributed by atoms with Crippen LogP contribution in [0.1, 0.15) is 46.9 Å². The second-order valence-electron chi connectivity index (χ2n) is 6.87. The van der Waals surface area contributed by atoms with E-state index in [1.54, 1.807) is 0 Å². The van der Waals surface area contributed by atoms with Crippen molar-refractivity contribution in [2.45, 2.75) is 26.2 Å². The van der Waals surface area contributed by atoms with Gasteiger partial charge in [-0.05, 0) is 44.4 Å². The lowest BCUT2D eigenvalue weighted by molar-refractivity contribution is 0.0532. The summed E-state index contributed by atoms with van der Waals surface area (Å²) in [6.07, 6.45) is 3.64. The van der Waals surface area contributed by atoms with Gasteiger partial charge in [-0.25, -0.2) is 0 Å². The Kier molecular flexibility index (Phi) is 4.64. The number of ether oxygens (including phenoxy) is 1. The van der Waals surface area contributed by atoms with E-state index in [0.717, 1.165) is 29.5 Å². The number of hydrogen-bond donors (Lipinski definition) is 0.